The van der Waals surface area contributed by atoms with Gasteiger partial charge >= 0.3 is 6.03 Å². The maximum atomic E-state index is 13.5. The van der Waals surface area contributed by atoms with Gasteiger partial charge in [-0.15, -0.1) is 0 Å². The smallest absolute Gasteiger partial charge is 0.322 e. The molecule has 0 radical (unpaired) electrons. The van der Waals surface area contributed by atoms with Crippen molar-refractivity contribution in [3.05, 3.63) is 77.0 Å². The van der Waals surface area contributed by atoms with Crippen LogP contribution in [0.5, 0.6) is 5.75 Å². The van der Waals surface area contributed by atoms with Gasteiger partial charge < -0.3 is 15.0 Å². The molecule has 6 nitrogen and oxygen atoms in total. The third-order valence-electron chi connectivity index (χ3n) is 6.06. The van der Waals surface area contributed by atoms with E-state index < -0.39 is 6.04 Å². The van der Waals surface area contributed by atoms with Crippen LogP contribution in [-0.2, 0) is 11.2 Å². The van der Waals surface area contributed by atoms with Crippen molar-refractivity contribution in [1.82, 2.24) is 15.1 Å². The number of carbonyl (C=O) groups excluding carboxylic acids is 2. The largest absolute Gasteiger partial charge is 0.496 e. The number of hydrogen-bond donors (Lipinski definition) is 1. The van der Waals surface area contributed by atoms with Crippen molar-refractivity contribution in [2.24, 2.45) is 0 Å². The number of hydrogen-bond acceptors (Lipinski definition) is 3. The highest BCUT2D eigenvalue weighted by Crippen LogP contribution is 2.39. The minimum Gasteiger partial charge on any atom is -0.496 e. The van der Waals surface area contributed by atoms with Crippen molar-refractivity contribution < 1.29 is 14.3 Å². The summed E-state index contributed by atoms with van der Waals surface area (Å²) in [5.74, 6) is 0.635. The van der Waals surface area contributed by atoms with Gasteiger partial charge in [-0.05, 0) is 31.4 Å². The van der Waals surface area contributed by atoms with Crippen LogP contribution in [0.3, 0.4) is 0 Å². The second kappa shape index (κ2) is 8.22. The maximum Gasteiger partial charge on any atom is 0.322 e. The van der Waals surface area contributed by atoms with Gasteiger partial charge in [0.05, 0.1) is 31.0 Å². The Morgan fingerprint density at radius 3 is 2.53 bits per heavy atom. The standard InChI is InChI=1S/C24H27N3O3/c1-16(13-14-17-9-5-4-6-10-17)27-15-19-21(23(27)28)22(25-24(29)26(19)2)18-11-7-8-12-20(18)30-3/h4-12,16,22H,13-15H2,1-3H3,(H,25,29)/t16-,22+/m1/s1. The predicted molar refractivity (Wildman–Crippen MR) is 115 cm³/mol. The quantitative estimate of drug-likeness (QED) is 0.800. The van der Waals surface area contributed by atoms with Gasteiger partial charge in [0.15, 0.2) is 0 Å². The van der Waals surface area contributed by atoms with Gasteiger partial charge in [0.1, 0.15) is 5.75 Å². The first-order valence-corrected chi connectivity index (χ1v) is 10.3. The minimum absolute atomic E-state index is 0.0201. The van der Waals surface area contributed by atoms with Crippen molar-refractivity contribution in [3.8, 4) is 5.75 Å². The van der Waals surface area contributed by atoms with Crippen LogP contribution in [0.4, 0.5) is 4.79 Å². The molecule has 4 rings (SSSR count). The lowest BCUT2D eigenvalue weighted by molar-refractivity contribution is -0.127. The third-order valence-corrected chi connectivity index (χ3v) is 6.06. The number of rotatable bonds is 6. The molecule has 2 heterocycles. The Hall–Kier alpha value is -3.28. The first-order valence-electron chi connectivity index (χ1n) is 10.3. The molecule has 2 aromatic rings. The molecule has 6 heteroatoms. The van der Waals surface area contributed by atoms with E-state index in [1.165, 1.54) is 5.56 Å². The fraction of sp³-hybridized carbons (Fsp3) is 0.333. The fourth-order valence-electron chi connectivity index (χ4n) is 4.26. The molecule has 30 heavy (non-hydrogen) atoms. The number of carbonyl (C=O) groups is 2. The molecule has 2 aliphatic heterocycles. The molecule has 0 aromatic heterocycles. The number of aryl methyl sites for hydroxylation is 1. The second-order valence-electron chi connectivity index (χ2n) is 7.85. The van der Waals surface area contributed by atoms with E-state index in [-0.39, 0.29) is 18.0 Å². The summed E-state index contributed by atoms with van der Waals surface area (Å²) in [4.78, 5) is 29.5. The Labute approximate surface area is 177 Å². The fourth-order valence-corrected chi connectivity index (χ4v) is 4.26. The Balaban J connectivity index is 1.59. The molecule has 2 atom stereocenters. The SMILES string of the molecule is COc1ccccc1[C@@H]1NC(=O)N(C)C2=C1C(=O)N([C@H](C)CCc1ccccc1)C2. The molecule has 3 amide bonds. The lowest BCUT2D eigenvalue weighted by Crippen LogP contribution is -2.45. The van der Waals surface area contributed by atoms with E-state index in [2.05, 4.69) is 24.4 Å². The Kier molecular flexibility index (Phi) is 5.48. The van der Waals surface area contributed by atoms with E-state index in [0.29, 0.717) is 17.9 Å². The molecule has 0 unspecified atom stereocenters. The Bertz CT molecular complexity index is 986. The van der Waals surface area contributed by atoms with E-state index in [4.69, 9.17) is 4.74 Å². The van der Waals surface area contributed by atoms with Crippen LogP contribution in [0, 0.1) is 0 Å². The highest BCUT2D eigenvalue weighted by molar-refractivity contribution is 6.01. The first kappa shape index (κ1) is 20.0. The number of nitrogens with one attached hydrogen (secondary N) is 1. The highest BCUT2D eigenvalue weighted by Gasteiger charge is 2.44. The molecule has 0 saturated carbocycles. The van der Waals surface area contributed by atoms with Gasteiger partial charge in [0.2, 0.25) is 0 Å². The van der Waals surface area contributed by atoms with Crippen LogP contribution in [0.25, 0.3) is 0 Å². The predicted octanol–water partition coefficient (Wildman–Crippen LogP) is 3.51. The molecular formula is C24H27N3O3. The molecule has 0 spiro atoms. The summed E-state index contributed by atoms with van der Waals surface area (Å²) in [5.41, 5.74) is 3.45. The number of likely N-dealkylation sites (N-methyl/N-ethyl adjacent to an activating group) is 1. The molecule has 2 aromatic carbocycles. The monoisotopic (exact) mass is 405 g/mol. The van der Waals surface area contributed by atoms with E-state index in [1.54, 1.807) is 19.1 Å². The zero-order valence-electron chi connectivity index (χ0n) is 17.6. The van der Waals surface area contributed by atoms with Crippen LogP contribution >= 0.6 is 0 Å². The van der Waals surface area contributed by atoms with Crippen LogP contribution in [0.1, 0.15) is 30.5 Å². The van der Waals surface area contributed by atoms with Crippen LogP contribution < -0.4 is 10.1 Å². The number of urea groups is 1. The van der Waals surface area contributed by atoms with E-state index >= 15 is 0 Å². The van der Waals surface area contributed by atoms with Gasteiger partial charge in [-0.3, -0.25) is 9.69 Å². The first-order chi connectivity index (χ1) is 14.5. The number of amides is 3. The van der Waals surface area contributed by atoms with Gasteiger partial charge in [-0.1, -0.05) is 48.5 Å². The van der Waals surface area contributed by atoms with Crippen molar-refractivity contribution >= 4 is 11.9 Å². The third kappa shape index (κ3) is 3.54. The van der Waals surface area contributed by atoms with Crippen LogP contribution in [0.2, 0.25) is 0 Å². The van der Waals surface area contributed by atoms with Crippen LogP contribution in [0.15, 0.2) is 65.9 Å². The number of nitrogens with zero attached hydrogens (tertiary/aromatic N) is 2. The molecule has 0 saturated heterocycles. The maximum absolute atomic E-state index is 13.5. The lowest BCUT2D eigenvalue weighted by atomic mass is 9.95. The molecule has 156 valence electrons. The van der Waals surface area contributed by atoms with Gasteiger partial charge in [0.25, 0.3) is 5.91 Å². The van der Waals surface area contributed by atoms with Crippen molar-refractivity contribution in [2.45, 2.75) is 31.8 Å². The van der Waals surface area contributed by atoms with E-state index in [9.17, 15) is 9.59 Å². The average Bonchev–Trinajstić information content (AvgIpc) is 3.13. The summed E-state index contributed by atoms with van der Waals surface area (Å²) in [6.07, 6.45) is 1.76. The summed E-state index contributed by atoms with van der Waals surface area (Å²) >= 11 is 0. The number of benzene rings is 2. The summed E-state index contributed by atoms with van der Waals surface area (Å²) in [5, 5.41) is 2.98. The second-order valence-corrected chi connectivity index (χ2v) is 7.85. The summed E-state index contributed by atoms with van der Waals surface area (Å²) in [6.45, 7) is 2.52. The Morgan fingerprint density at radius 2 is 1.80 bits per heavy atom. The van der Waals surface area contributed by atoms with Crippen molar-refractivity contribution in [2.75, 3.05) is 20.7 Å². The normalized spacial score (nSPS) is 19.6. The highest BCUT2D eigenvalue weighted by atomic mass is 16.5. The zero-order chi connectivity index (χ0) is 21.3. The molecule has 1 N–H and O–H groups in total. The van der Waals surface area contributed by atoms with Crippen molar-refractivity contribution in [3.63, 3.8) is 0 Å². The van der Waals surface area contributed by atoms with Gasteiger partial charge in [-0.2, -0.15) is 0 Å². The zero-order valence-corrected chi connectivity index (χ0v) is 17.6. The number of ether oxygens (including phenoxy) is 1. The van der Waals surface area contributed by atoms with Gasteiger partial charge in [0, 0.05) is 18.7 Å². The molecule has 2 aliphatic rings. The molecule has 0 bridgehead atoms. The number of methoxy groups -OCH3 is 1. The molecule has 0 fully saturated rings. The summed E-state index contributed by atoms with van der Waals surface area (Å²) in [6, 6.07) is 17.1. The molecular weight excluding hydrogens is 378 g/mol. The van der Waals surface area contributed by atoms with E-state index in [1.807, 2.05) is 47.4 Å². The Morgan fingerprint density at radius 1 is 1.10 bits per heavy atom. The average molecular weight is 405 g/mol. The summed E-state index contributed by atoms with van der Waals surface area (Å²) < 4.78 is 5.49. The summed E-state index contributed by atoms with van der Waals surface area (Å²) in [7, 11) is 3.31. The minimum atomic E-state index is -0.515. The van der Waals surface area contributed by atoms with E-state index in [0.717, 1.165) is 24.1 Å². The lowest BCUT2D eigenvalue weighted by Gasteiger charge is -2.31. The van der Waals surface area contributed by atoms with Gasteiger partial charge in [-0.25, -0.2) is 4.79 Å². The molecule has 0 aliphatic carbocycles. The topological polar surface area (TPSA) is 61.9 Å². The van der Waals surface area contributed by atoms with Crippen LogP contribution in [-0.4, -0.2) is 48.5 Å². The van der Waals surface area contributed by atoms with Crippen molar-refractivity contribution in [1.29, 1.82) is 0 Å². The number of para-hydroxylation sites is 1.